The maximum absolute atomic E-state index is 6.06. The van der Waals surface area contributed by atoms with Crippen LogP contribution in [-0.4, -0.2) is 15.3 Å². The van der Waals surface area contributed by atoms with Gasteiger partial charge in [-0.15, -0.1) is 11.6 Å². The van der Waals surface area contributed by atoms with Crippen LogP contribution in [0.15, 0.2) is 18.7 Å². The molecule has 0 spiro atoms. The van der Waals surface area contributed by atoms with Gasteiger partial charge in [-0.1, -0.05) is 13.3 Å². The molecule has 1 atom stereocenters. The van der Waals surface area contributed by atoms with E-state index in [-0.39, 0.29) is 5.38 Å². The second kappa shape index (κ2) is 5.09. The SMILES string of the molecule is CCCC(Cl)Cc1cncnc1. The first-order valence-corrected chi connectivity index (χ1v) is 4.64. The third-order valence-corrected chi connectivity index (χ3v) is 2.05. The lowest BCUT2D eigenvalue weighted by atomic mass is 10.1. The van der Waals surface area contributed by atoms with Crippen molar-refractivity contribution in [3.8, 4) is 0 Å². The van der Waals surface area contributed by atoms with Crippen molar-refractivity contribution < 1.29 is 0 Å². The predicted octanol–water partition coefficient (Wildman–Crippen LogP) is 2.43. The van der Waals surface area contributed by atoms with Gasteiger partial charge in [-0.3, -0.25) is 0 Å². The second-order valence-corrected chi connectivity index (χ2v) is 3.45. The molecule has 66 valence electrons. The van der Waals surface area contributed by atoms with Crippen LogP contribution in [-0.2, 0) is 6.42 Å². The summed E-state index contributed by atoms with van der Waals surface area (Å²) in [5.41, 5.74) is 1.12. The molecule has 1 unspecified atom stereocenters. The number of alkyl halides is 1. The average molecular weight is 185 g/mol. The summed E-state index contributed by atoms with van der Waals surface area (Å²) in [6.45, 7) is 2.14. The molecule has 0 aliphatic carbocycles. The molecule has 0 bridgehead atoms. The van der Waals surface area contributed by atoms with Crippen molar-refractivity contribution in [2.24, 2.45) is 0 Å². The van der Waals surface area contributed by atoms with E-state index in [9.17, 15) is 0 Å². The lowest BCUT2D eigenvalue weighted by molar-refractivity contribution is 0.723. The molecule has 1 heterocycles. The molecule has 1 rings (SSSR count). The van der Waals surface area contributed by atoms with Crippen LogP contribution in [0.4, 0.5) is 0 Å². The van der Waals surface area contributed by atoms with E-state index >= 15 is 0 Å². The van der Waals surface area contributed by atoms with E-state index in [4.69, 9.17) is 11.6 Å². The Morgan fingerprint density at radius 1 is 1.42 bits per heavy atom. The molecule has 12 heavy (non-hydrogen) atoms. The minimum atomic E-state index is 0.223. The summed E-state index contributed by atoms with van der Waals surface area (Å²) in [6.07, 6.45) is 8.22. The molecule has 0 N–H and O–H groups in total. The van der Waals surface area contributed by atoms with Crippen LogP contribution in [0, 0.1) is 0 Å². The van der Waals surface area contributed by atoms with Gasteiger partial charge in [0, 0.05) is 17.8 Å². The van der Waals surface area contributed by atoms with Crippen molar-refractivity contribution in [2.75, 3.05) is 0 Å². The van der Waals surface area contributed by atoms with Gasteiger partial charge in [0.05, 0.1) is 0 Å². The first-order chi connectivity index (χ1) is 5.83. The average Bonchev–Trinajstić information content (AvgIpc) is 2.06. The fraction of sp³-hybridized carbons (Fsp3) is 0.556. The van der Waals surface area contributed by atoms with E-state index in [1.165, 1.54) is 6.33 Å². The number of rotatable bonds is 4. The molecule has 0 aliphatic rings. The Labute approximate surface area is 78.0 Å². The number of hydrogen-bond acceptors (Lipinski definition) is 2. The van der Waals surface area contributed by atoms with Crippen molar-refractivity contribution in [3.05, 3.63) is 24.3 Å². The smallest absolute Gasteiger partial charge is 0.115 e. The number of aromatic nitrogens is 2. The largest absolute Gasteiger partial charge is 0.245 e. The fourth-order valence-corrected chi connectivity index (χ4v) is 1.50. The molecule has 2 nitrogen and oxygen atoms in total. The molecule has 0 aromatic carbocycles. The zero-order chi connectivity index (χ0) is 8.81. The highest BCUT2D eigenvalue weighted by atomic mass is 35.5. The summed E-state index contributed by atoms with van der Waals surface area (Å²) in [5.74, 6) is 0. The van der Waals surface area contributed by atoms with Crippen molar-refractivity contribution >= 4 is 11.6 Å². The standard InChI is InChI=1S/C9H13ClN2/c1-2-3-9(10)4-8-5-11-7-12-6-8/h5-7,9H,2-4H2,1H3. The van der Waals surface area contributed by atoms with E-state index in [0.29, 0.717) is 0 Å². The zero-order valence-corrected chi connectivity index (χ0v) is 7.96. The fourth-order valence-electron chi connectivity index (χ4n) is 1.11. The van der Waals surface area contributed by atoms with Gasteiger partial charge >= 0.3 is 0 Å². The highest BCUT2D eigenvalue weighted by Gasteiger charge is 2.04. The van der Waals surface area contributed by atoms with Gasteiger partial charge in [-0.25, -0.2) is 9.97 Å². The summed E-state index contributed by atoms with van der Waals surface area (Å²) >= 11 is 6.06. The molecule has 1 aromatic heterocycles. The molecule has 1 aromatic rings. The molecule has 0 amide bonds. The third kappa shape index (κ3) is 3.18. The maximum atomic E-state index is 6.06. The summed E-state index contributed by atoms with van der Waals surface area (Å²) in [5, 5.41) is 0.223. The Kier molecular flexibility index (Phi) is 4.01. The monoisotopic (exact) mass is 184 g/mol. The second-order valence-electron chi connectivity index (χ2n) is 2.84. The van der Waals surface area contributed by atoms with Crippen LogP contribution < -0.4 is 0 Å². The van der Waals surface area contributed by atoms with Gasteiger partial charge in [0.25, 0.3) is 0 Å². The minimum Gasteiger partial charge on any atom is -0.245 e. The lowest BCUT2D eigenvalue weighted by Crippen LogP contribution is -2.03. The molecular formula is C9H13ClN2. The van der Waals surface area contributed by atoms with Gasteiger partial charge < -0.3 is 0 Å². The van der Waals surface area contributed by atoms with Crippen LogP contribution >= 0.6 is 11.6 Å². The van der Waals surface area contributed by atoms with Crippen LogP contribution in [0.25, 0.3) is 0 Å². The topological polar surface area (TPSA) is 25.8 Å². The van der Waals surface area contributed by atoms with Crippen LogP contribution in [0.1, 0.15) is 25.3 Å². The van der Waals surface area contributed by atoms with Gasteiger partial charge in [-0.05, 0) is 18.4 Å². The van der Waals surface area contributed by atoms with Crippen molar-refractivity contribution in [1.82, 2.24) is 9.97 Å². The van der Waals surface area contributed by atoms with Gasteiger partial charge in [0.2, 0.25) is 0 Å². The normalized spacial score (nSPS) is 12.8. The Morgan fingerprint density at radius 2 is 2.08 bits per heavy atom. The Hall–Kier alpha value is -0.630. The van der Waals surface area contributed by atoms with Gasteiger partial charge in [-0.2, -0.15) is 0 Å². The molecule has 0 saturated heterocycles. The number of halogens is 1. The van der Waals surface area contributed by atoms with E-state index in [0.717, 1.165) is 24.8 Å². The first kappa shape index (κ1) is 9.46. The summed E-state index contributed by atoms with van der Waals surface area (Å²) in [6, 6.07) is 0. The van der Waals surface area contributed by atoms with E-state index in [2.05, 4.69) is 16.9 Å². The van der Waals surface area contributed by atoms with E-state index in [1.807, 2.05) is 12.4 Å². The van der Waals surface area contributed by atoms with Gasteiger partial charge in [0.15, 0.2) is 0 Å². The number of nitrogens with zero attached hydrogens (tertiary/aromatic N) is 2. The number of hydrogen-bond donors (Lipinski definition) is 0. The Balaban J connectivity index is 2.41. The van der Waals surface area contributed by atoms with Gasteiger partial charge in [0.1, 0.15) is 6.33 Å². The van der Waals surface area contributed by atoms with Crippen LogP contribution in [0.2, 0.25) is 0 Å². The molecule has 0 radical (unpaired) electrons. The van der Waals surface area contributed by atoms with Crippen molar-refractivity contribution in [3.63, 3.8) is 0 Å². The summed E-state index contributed by atoms with van der Waals surface area (Å²) in [4.78, 5) is 7.86. The first-order valence-electron chi connectivity index (χ1n) is 4.21. The van der Waals surface area contributed by atoms with Crippen LogP contribution in [0.3, 0.4) is 0 Å². The summed E-state index contributed by atoms with van der Waals surface area (Å²) in [7, 11) is 0. The Bertz CT molecular complexity index is 213. The molecule has 0 saturated carbocycles. The Morgan fingerprint density at radius 3 is 2.67 bits per heavy atom. The lowest BCUT2D eigenvalue weighted by Gasteiger charge is -2.05. The minimum absolute atomic E-state index is 0.223. The highest BCUT2D eigenvalue weighted by Crippen LogP contribution is 2.11. The third-order valence-electron chi connectivity index (χ3n) is 1.67. The quantitative estimate of drug-likeness (QED) is 0.672. The summed E-state index contributed by atoms with van der Waals surface area (Å²) < 4.78 is 0. The molecule has 0 fully saturated rings. The molecular weight excluding hydrogens is 172 g/mol. The zero-order valence-electron chi connectivity index (χ0n) is 7.20. The van der Waals surface area contributed by atoms with Crippen molar-refractivity contribution in [1.29, 1.82) is 0 Å². The highest BCUT2D eigenvalue weighted by molar-refractivity contribution is 6.20. The predicted molar refractivity (Wildman–Crippen MR) is 50.3 cm³/mol. The molecule has 0 aliphatic heterocycles. The van der Waals surface area contributed by atoms with E-state index in [1.54, 1.807) is 0 Å². The molecule has 3 heteroatoms. The van der Waals surface area contributed by atoms with Crippen LogP contribution in [0.5, 0.6) is 0 Å². The maximum Gasteiger partial charge on any atom is 0.115 e. The van der Waals surface area contributed by atoms with Crippen molar-refractivity contribution in [2.45, 2.75) is 31.6 Å². The van der Waals surface area contributed by atoms with E-state index < -0.39 is 0 Å².